The Bertz CT molecular complexity index is 471. The number of aryl methyl sites for hydroxylation is 2. The first-order valence-corrected chi connectivity index (χ1v) is 5.98. The fourth-order valence-corrected chi connectivity index (χ4v) is 2.45. The summed E-state index contributed by atoms with van der Waals surface area (Å²) in [6.07, 6.45) is 1.71. The molecule has 0 fully saturated rings. The van der Waals surface area contributed by atoms with Crippen LogP contribution in [0.5, 0.6) is 0 Å². The molecule has 0 amide bonds. The molecule has 0 radical (unpaired) electrons. The second-order valence-corrected chi connectivity index (χ2v) is 5.12. The Kier molecular flexibility index (Phi) is 3.10. The van der Waals surface area contributed by atoms with Crippen LogP contribution in [-0.2, 0) is 6.54 Å². The van der Waals surface area contributed by atoms with E-state index in [1.165, 1.54) is 15.3 Å². The number of nitrogens with two attached hydrogens (primary N) is 1. The summed E-state index contributed by atoms with van der Waals surface area (Å²) in [7, 11) is 0. The van der Waals surface area contributed by atoms with Gasteiger partial charge in [-0.3, -0.25) is 0 Å². The van der Waals surface area contributed by atoms with E-state index in [-0.39, 0.29) is 0 Å². The minimum Gasteiger partial charge on any atom is -0.399 e. The molecule has 2 aromatic rings. The van der Waals surface area contributed by atoms with E-state index in [1.54, 1.807) is 12.3 Å². The Morgan fingerprint density at radius 1 is 1.38 bits per heavy atom. The maximum Gasteiger partial charge on any atom is 0.128 e. The van der Waals surface area contributed by atoms with Gasteiger partial charge in [0.25, 0.3) is 0 Å². The van der Waals surface area contributed by atoms with Crippen molar-refractivity contribution in [2.24, 2.45) is 0 Å². The Hall–Kier alpha value is -1.55. The number of aromatic nitrogens is 1. The third kappa shape index (κ3) is 2.52. The standard InChI is InChI=1S/C12H15N3S/c1-8-5-11(16-9(8)2)7-15-12-6-10(13)3-4-14-12/h3-6H,7H2,1-2H3,(H3,13,14,15). The number of pyridine rings is 1. The number of rotatable bonds is 3. The molecule has 0 unspecified atom stereocenters. The lowest BCUT2D eigenvalue weighted by Gasteiger charge is -2.03. The molecule has 2 aromatic heterocycles. The molecule has 4 heteroatoms. The summed E-state index contributed by atoms with van der Waals surface area (Å²) in [4.78, 5) is 6.89. The minimum absolute atomic E-state index is 0.732. The smallest absolute Gasteiger partial charge is 0.128 e. The summed E-state index contributed by atoms with van der Waals surface area (Å²) in [6, 6.07) is 5.83. The number of hydrogen-bond donors (Lipinski definition) is 2. The van der Waals surface area contributed by atoms with E-state index in [2.05, 4.69) is 30.2 Å². The number of nitrogens with zero attached hydrogens (tertiary/aromatic N) is 1. The molecule has 0 aliphatic rings. The van der Waals surface area contributed by atoms with Gasteiger partial charge < -0.3 is 11.1 Å². The molecule has 0 aromatic carbocycles. The molecule has 0 aliphatic heterocycles. The van der Waals surface area contributed by atoms with Gasteiger partial charge in [-0.2, -0.15) is 0 Å². The zero-order valence-electron chi connectivity index (χ0n) is 9.45. The van der Waals surface area contributed by atoms with Crippen LogP contribution in [0.2, 0.25) is 0 Å². The normalized spacial score (nSPS) is 10.4. The van der Waals surface area contributed by atoms with E-state index < -0.39 is 0 Å². The van der Waals surface area contributed by atoms with Crippen LogP contribution in [0.25, 0.3) is 0 Å². The quantitative estimate of drug-likeness (QED) is 0.857. The lowest BCUT2D eigenvalue weighted by atomic mass is 10.3. The van der Waals surface area contributed by atoms with Crippen LogP contribution in [0.3, 0.4) is 0 Å². The maximum atomic E-state index is 5.68. The lowest BCUT2D eigenvalue weighted by molar-refractivity contribution is 1.14. The topological polar surface area (TPSA) is 50.9 Å². The molecule has 0 saturated heterocycles. The van der Waals surface area contributed by atoms with E-state index in [1.807, 2.05) is 17.4 Å². The molecule has 84 valence electrons. The fourth-order valence-electron chi connectivity index (χ4n) is 1.46. The molecule has 2 rings (SSSR count). The molecule has 0 atom stereocenters. The van der Waals surface area contributed by atoms with Crippen molar-refractivity contribution in [1.82, 2.24) is 4.98 Å². The highest BCUT2D eigenvalue weighted by Crippen LogP contribution is 2.21. The zero-order chi connectivity index (χ0) is 11.5. The van der Waals surface area contributed by atoms with E-state index in [9.17, 15) is 0 Å². The largest absolute Gasteiger partial charge is 0.399 e. The molecule has 0 spiro atoms. The Balaban J connectivity index is 2.02. The average Bonchev–Trinajstić information content (AvgIpc) is 2.56. The molecule has 0 bridgehead atoms. The van der Waals surface area contributed by atoms with E-state index >= 15 is 0 Å². The fraction of sp³-hybridized carbons (Fsp3) is 0.250. The van der Waals surface area contributed by atoms with Crippen molar-refractivity contribution in [3.63, 3.8) is 0 Å². The van der Waals surface area contributed by atoms with Gasteiger partial charge in [-0.1, -0.05) is 0 Å². The number of nitrogens with one attached hydrogen (secondary N) is 1. The summed E-state index contributed by atoms with van der Waals surface area (Å²) >= 11 is 1.82. The molecule has 2 heterocycles. The summed E-state index contributed by atoms with van der Waals surface area (Å²) < 4.78 is 0. The summed E-state index contributed by atoms with van der Waals surface area (Å²) in [5.74, 6) is 0.823. The number of nitrogen functional groups attached to an aromatic ring is 1. The Labute approximate surface area is 99.3 Å². The first kappa shape index (κ1) is 11.0. The predicted molar refractivity (Wildman–Crippen MR) is 69.8 cm³/mol. The number of thiophene rings is 1. The minimum atomic E-state index is 0.732. The second kappa shape index (κ2) is 4.53. The first-order valence-electron chi connectivity index (χ1n) is 5.16. The van der Waals surface area contributed by atoms with Crippen LogP contribution in [0.1, 0.15) is 15.3 Å². The van der Waals surface area contributed by atoms with Gasteiger partial charge in [0.2, 0.25) is 0 Å². The third-order valence-corrected chi connectivity index (χ3v) is 3.60. The van der Waals surface area contributed by atoms with Crippen molar-refractivity contribution < 1.29 is 0 Å². The molecule has 3 nitrogen and oxygen atoms in total. The predicted octanol–water partition coefficient (Wildman–Crippen LogP) is 2.95. The van der Waals surface area contributed by atoms with E-state index in [0.29, 0.717) is 0 Å². The van der Waals surface area contributed by atoms with Gasteiger partial charge in [0, 0.05) is 27.7 Å². The molecule has 16 heavy (non-hydrogen) atoms. The van der Waals surface area contributed by atoms with Crippen molar-refractivity contribution in [2.75, 3.05) is 11.1 Å². The molecule has 0 aliphatic carbocycles. The average molecular weight is 233 g/mol. The van der Waals surface area contributed by atoms with Gasteiger partial charge in [-0.25, -0.2) is 4.98 Å². The van der Waals surface area contributed by atoms with Crippen molar-refractivity contribution >= 4 is 22.8 Å². The number of anilines is 2. The van der Waals surface area contributed by atoms with Crippen LogP contribution in [-0.4, -0.2) is 4.98 Å². The van der Waals surface area contributed by atoms with Gasteiger partial charge in [0.15, 0.2) is 0 Å². The highest BCUT2D eigenvalue weighted by molar-refractivity contribution is 7.12. The summed E-state index contributed by atoms with van der Waals surface area (Å²) in [5, 5.41) is 3.26. The lowest BCUT2D eigenvalue weighted by Crippen LogP contribution is -2.00. The van der Waals surface area contributed by atoms with Gasteiger partial charge >= 0.3 is 0 Å². The third-order valence-electron chi connectivity index (χ3n) is 2.44. The van der Waals surface area contributed by atoms with Gasteiger partial charge in [0.05, 0.1) is 6.54 Å². The number of hydrogen-bond acceptors (Lipinski definition) is 4. The van der Waals surface area contributed by atoms with Crippen molar-refractivity contribution in [2.45, 2.75) is 20.4 Å². The van der Waals surface area contributed by atoms with Crippen molar-refractivity contribution in [3.8, 4) is 0 Å². The summed E-state index contributed by atoms with van der Waals surface area (Å²) in [5.41, 5.74) is 7.76. The Morgan fingerprint density at radius 3 is 2.81 bits per heavy atom. The van der Waals surface area contributed by atoms with E-state index in [0.717, 1.165) is 18.1 Å². The van der Waals surface area contributed by atoms with Gasteiger partial charge in [0.1, 0.15) is 5.82 Å². The van der Waals surface area contributed by atoms with Crippen LogP contribution in [0.15, 0.2) is 24.4 Å². The first-order chi connectivity index (χ1) is 7.65. The molecule has 0 saturated carbocycles. The van der Waals surface area contributed by atoms with Crippen LogP contribution in [0, 0.1) is 13.8 Å². The van der Waals surface area contributed by atoms with Crippen LogP contribution < -0.4 is 11.1 Å². The molecular formula is C12H15N3S. The van der Waals surface area contributed by atoms with Gasteiger partial charge in [-0.15, -0.1) is 11.3 Å². The highest BCUT2D eigenvalue weighted by Gasteiger charge is 2.01. The highest BCUT2D eigenvalue weighted by atomic mass is 32.1. The maximum absolute atomic E-state index is 5.68. The Morgan fingerprint density at radius 2 is 2.19 bits per heavy atom. The molecule has 3 N–H and O–H groups in total. The second-order valence-electron chi connectivity index (χ2n) is 3.78. The molecular weight excluding hydrogens is 218 g/mol. The zero-order valence-corrected chi connectivity index (χ0v) is 10.3. The van der Waals surface area contributed by atoms with E-state index in [4.69, 9.17) is 5.73 Å². The van der Waals surface area contributed by atoms with Gasteiger partial charge in [-0.05, 0) is 31.5 Å². The SMILES string of the molecule is Cc1cc(CNc2cc(N)ccn2)sc1C. The summed E-state index contributed by atoms with van der Waals surface area (Å²) in [6.45, 7) is 5.08. The van der Waals surface area contributed by atoms with Crippen molar-refractivity contribution in [1.29, 1.82) is 0 Å². The van der Waals surface area contributed by atoms with Crippen LogP contribution >= 0.6 is 11.3 Å². The van der Waals surface area contributed by atoms with Crippen molar-refractivity contribution in [3.05, 3.63) is 39.7 Å². The van der Waals surface area contributed by atoms with Crippen LogP contribution in [0.4, 0.5) is 11.5 Å². The monoisotopic (exact) mass is 233 g/mol.